The van der Waals surface area contributed by atoms with Crippen LogP contribution in [0.2, 0.25) is 5.02 Å². The van der Waals surface area contributed by atoms with E-state index in [1.165, 1.54) is 24.4 Å². The zero-order valence-corrected chi connectivity index (χ0v) is 16.1. The molecule has 3 rings (SSSR count). The molecule has 1 amide bonds. The Morgan fingerprint density at radius 3 is 2.63 bits per heavy atom. The lowest BCUT2D eigenvalue weighted by molar-refractivity contribution is 0.0945. The van der Waals surface area contributed by atoms with E-state index < -0.39 is 15.9 Å². The molecule has 27 heavy (non-hydrogen) atoms. The lowest BCUT2D eigenvalue weighted by Gasteiger charge is -2.08. The molecule has 0 saturated carbocycles. The summed E-state index contributed by atoms with van der Waals surface area (Å²) in [7, 11) is -3.93. The van der Waals surface area contributed by atoms with Gasteiger partial charge in [0.05, 0.1) is 29.0 Å². The molecule has 0 atom stereocenters. The summed E-state index contributed by atoms with van der Waals surface area (Å²) in [6.07, 6.45) is 4.38. The predicted octanol–water partition coefficient (Wildman–Crippen LogP) is 2.11. The maximum Gasteiger partial charge on any atom is 0.283 e. The first-order chi connectivity index (χ1) is 12.8. The number of hydrogen-bond acceptors (Lipinski definition) is 6. The van der Waals surface area contributed by atoms with Crippen molar-refractivity contribution in [1.82, 2.24) is 24.5 Å². The van der Waals surface area contributed by atoms with E-state index >= 15 is 0 Å². The minimum Gasteiger partial charge on any atom is -0.345 e. The number of aromatic nitrogens is 4. The third-order valence-electron chi connectivity index (χ3n) is 3.72. The van der Waals surface area contributed by atoms with E-state index in [4.69, 9.17) is 11.6 Å². The van der Waals surface area contributed by atoms with Crippen LogP contribution in [0.3, 0.4) is 0 Å². The van der Waals surface area contributed by atoms with Crippen molar-refractivity contribution in [3.63, 3.8) is 0 Å². The van der Waals surface area contributed by atoms with Gasteiger partial charge in [-0.2, -0.15) is 17.6 Å². The van der Waals surface area contributed by atoms with Crippen LogP contribution >= 0.6 is 11.6 Å². The van der Waals surface area contributed by atoms with Gasteiger partial charge in [-0.3, -0.25) is 14.8 Å². The van der Waals surface area contributed by atoms with E-state index in [1.807, 2.05) is 6.92 Å². The Kier molecular flexibility index (Phi) is 5.24. The van der Waals surface area contributed by atoms with Crippen LogP contribution in [0.1, 0.15) is 27.4 Å². The van der Waals surface area contributed by atoms with E-state index in [0.717, 1.165) is 9.78 Å². The number of hydrogen-bond donors (Lipinski definition) is 1. The van der Waals surface area contributed by atoms with Gasteiger partial charge in [0.15, 0.2) is 5.69 Å². The molecule has 0 aliphatic heterocycles. The summed E-state index contributed by atoms with van der Waals surface area (Å²) in [6.45, 7) is 3.60. The zero-order valence-electron chi connectivity index (χ0n) is 14.5. The summed E-state index contributed by atoms with van der Waals surface area (Å²) in [5.74, 6) is -0.515. The molecule has 140 valence electrons. The van der Waals surface area contributed by atoms with Crippen molar-refractivity contribution < 1.29 is 13.2 Å². The molecule has 10 heteroatoms. The Balaban J connectivity index is 1.77. The van der Waals surface area contributed by atoms with E-state index in [-0.39, 0.29) is 17.1 Å². The first kappa shape index (κ1) is 19.0. The maximum absolute atomic E-state index is 12.7. The van der Waals surface area contributed by atoms with Crippen molar-refractivity contribution in [3.8, 4) is 0 Å². The molecule has 0 bridgehead atoms. The Morgan fingerprint density at radius 1 is 1.19 bits per heavy atom. The fourth-order valence-corrected chi connectivity index (χ4v) is 3.89. The Bertz CT molecular complexity index is 1090. The van der Waals surface area contributed by atoms with E-state index in [0.29, 0.717) is 16.3 Å². The molecule has 1 N–H and O–H groups in total. The van der Waals surface area contributed by atoms with Gasteiger partial charge < -0.3 is 5.32 Å². The zero-order chi connectivity index (χ0) is 19.6. The molecule has 1 aromatic carbocycles. The minimum absolute atomic E-state index is 0.0229. The molecule has 0 aliphatic carbocycles. The summed E-state index contributed by atoms with van der Waals surface area (Å²) in [5.41, 5.74) is 1.82. The predicted molar refractivity (Wildman–Crippen MR) is 98.9 cm³/mol. The maximum atomic E-state index is 12.7. The smallest absolute Gasteiger partial charge is 0.283 e. The van der Waals surface area contributed by atoms with E-state index in [1.54, 1.807) is 25.4 Å². The number of carbonyl (C=O) groups is 1. The number of aryl methyl sites for hydroxylation is 2. The highest BCUT2D eigenvalue weighted by Crippen LogP contribution is 2.21. The third-order valence-corrected chi connectivity index (χ3v) is 5.67. The standard InChI is InChI=1S/C17H16ClN5O3S/c1-11-7-13(18)3-4-16(11)27(25,26)23-6-5-15(22-23)17(24)21-10-14-9-19-12(2)8-20-14/h3-9H,10H2,1-2H3,(H,21,24). The second kappa shape index (κ2) is 7.45. The van der Waals surface area contributed by atoms with Gasteiger partial charge in [-0.25, -0.2) is 0 Å². The fraction of sp³-hybridized carbons (Fsp3) is 0.176. The number of nitrogens with one attached hydrogen (secondary N) is 1. The highest BCUT2D eigenvalue weighted by Gasteiger charge is 2.22. The lowest BCUT2D eigenvalue weighted by atomic mass is 10.2. The number of nitrogens with zero attached hydrogens (tertiary/aromatic N) is 4. The quantitative estimate of drug-likeness (QED) is 0.696. The van der Waals surface area contributed by atoms with Crippen LogP contribution in [-0.4, -0.2) is 33.5 Å². The SMILES string of the molecule is Cc1cnc(CNC(=O)c2ccn(S(=O)(=O)c3ccc(Cl)cc3C)n2)cn1. The number of carbonyl (C=O) groups excluding carboxylic acids is 1. The van der Waals surface area contributed by atoms with Crippen molar-refractivity contribution in [2.24, 2.45) is 0 Å². The van der Waals surface area contributed by atoms with Crippen LogP contribution in [0.25, 0.3) is 0 Å². The first-order valence-electron chi connectivity index (χ1n) is 7.90. The summed E-state index contributed by atoms with van der Waals surface area (Å²) in [4.78, 5) is 20.5. The first-order valence-corrected chi connectivity index (χ1v) is 9.72. The molecular weight excluding hydrogens is 390 g/mol. The van der Waals surface area contributed by atoms with Gasteiger partial charge >= 0.3 is 0 Å². The van der Waals surface area contributed by atoms with E-state index in [9.17, 15) is 13.2 Å². The van der Waals surface area contributed by atoms with Crippen molar-refractivity contribution in [2.45, 2.75) is 25.3 Å². The molecule has 0 aliphatic rings. The topological polar surface area (TPSA) is 107 Å². The van der Waals surface area contributed by atoms with E-state index in [2.05, 4.69) is 20.4 Å². The van der Waals surface area contributed by atoms with Crippen molar-refractivity contribution >= 4 is 27.5 Å². The minimum atomic E-state index is -3.93. The molecule has 8 nitrogen and oxygen atoms in total. The van der Waals surface area contributed by atoms with Crippen LogP contribution in [0.4, 0.5) is 0 Å². The molecule has 0 spiro atoms. The van der Waals surface area contributed by atoms with Crippen LogP contribution < -0.4 is 5.32 Å². The third kappa shape index (κ3) is 4.15. The van der Waals surface area contributed by atoms with Crippen molar-refractivity contribution in [1.29, 1.82) is 0 Å². The Labute approximate surface area is 161 Å². The Hall–Kier alpha value is -2.78. The summed E-state index contributed by atoms with van der Waals surface area (Å²) < 4.78 is 26.2. The van der Waals surface area contributed by atoms with Gasteiger partial charge in [0.25, 0.3) is 15.9 Å². The van der Waals surface area contributed by atoms with Crippen molar-refractivity contribution in [3.05, 3.63) is 70.5 Å². The molecule has 0 radical (unpaired) electrons. The van der Waals surface area contributed by atoms with Gasteiger partial charge in [-0.05, 0) is 43.7 Å². The van der Waals surface area contributed by atoms with Gasteiger partial charge in [-0.1, -0.05) is 11.6 Å². The van der Waals surface area contributed by atoms with Gasteiger partial charge in [0.2, 0.25) is 0 Å². The summed E-state index contributed by atoms with van der Waals surface area (Å²) in [6, 6.07) is 5.78. The fourth-order valence-electron chi connectivity index (χ4n) is 2.34. The van der Waals surface area contributed by atoms with Crippen LogP contribution in [0.5, 0.6) is 0 Å². The highest BCUT2D eigenvalue weighted by molar-refractivity contribution is 7.89. The highest BCUT2D eigenvalue weighted by atomic mass is 35.5. The van der Waals surface area contributed by atoms with Gasteiger partial charge in [0, 0.05) is 17.4 Å². The number of rotatable bonds is 5. The molecule has 3 aromatic rings. The average molecular weight is 406 g/mol. The molecule has 2 aromatic heterocycles. The molecule has 0 fully saturated rings. The summed E-state index contributed by atoms with van der Waals surface area (Å²) in [5, 5.41) is 6.96. The molecule has 2 heterocycles. The molecule has 0 saturated heterocycles. The van der Waals surface area contributed by atoms with Crippen molar-refractivity contribution in [2.75, 3.05) is 0 Å². The monoisotopic (exact) mass is 405 g/mol. The number of amides is 1. The summed E-state index contributed by atoms with van der Waals surface area (Å²) >= 11 is 5.87. The average Bonchev–Trinajstić information content (AvgIpc) is 3.12. The number of benzene rings is 1. The second-order valence-corrected chi connectivity index (χ2v) is 8.02. The van der Waals surface area contributed by atoms with Crippen LogP contribution in [-0.2, 0) is 16.6 Å². The normalized spacial score (nSPS) is 11.4. The second-order valence-electron chi connectivity index (χ2n) is 5.82. The van der Waals surface area contributed by atoms with Crippen LogP contribution in [0, 0.1) is 13.8 Å². The largest absolute Gasteiger partial charge is 0.345 e. The number of halogens is 1. The Morgan fingerprint density at radius 2 is 1.96 bits per heavy atom. The van der Waals surface area contributed by atoms with Gasteiger partial charge in [-0.15, -0.1) is 0 Å². The van der Waals surface area contributed by atoms with Crippen LogP contribution in [0.15, 0.2) is 47.8 Å². The lowest BCUT2D eigenvalue weighted by Crippen LogP contribution is -2.24. The molecular formula is C17H16ClN5O3S. The van der Waals surface area contributed by atoms with Gasteiger partial charge in [0.1, 0.15) is 0 Å². The molecule has 0 unspecified atom stereocenters.